The predicted octanol–water partition coefficient (Wildman–Crippen LogP) is 4.03. The number of imidazole rings is 1. The van der Waals surface area contributed by atoms with Crippen LogP contribution in [0.3, 0.4) is 0 Å². The number of ether oxygens (including phenoxy) is 1. The highest BCUT2D eigenvalue weighted by Gasteiger charge is 2.14. The van der Waals surface area contributed by atoms with E-state index in [1.807, 2.05) is 55.5 Å². The quantitative estimate of drug-likeness (QED) is 0.459. The number of rotatable bonds is 8. The van der Waals surface area contributed by atoms with E-state index in [1.54, 1.807) is 0 Å². The van der Waals surface area contributed by atoms with Crippen LogP contribution in [0.5, 0.6) is 0 Å². The Balaban J connectivity index is 1.53. The molecule has 0 aliphatic carbocycles. The molecule has 1 aromatic heterocycles. The van der Waals surface area contributed by atoms with Crippen molar-refractivity contribution < 1.29 is 14.3 Å². The first-order valence-electron chi connectivity index (χ1n) is 9.17. The zero-order chi connectivity index (χ0) is 19.9. The Bertz CT molecular complexity index is 984. The maximum atomic E-state index is 12.1. The van der Waals surface area contributed by atoms with Crippen LogP contribution in [-0.2, 0) is 20.9 Å². The van der Waals surface area contributed by atoms with Crippen LogP contribution in [0.2, 0.25) is 0 Å². The van der Waals surface area contributed by atoms with E-state index in [-0.39, 0.29) is 18.3 Å². The number of nitrogens with one attached hydrogen (secondary N) is 1. The molecule has 2 aromatic carbocycles. The van der Waals surface area contributed by atoms with Crippen molar-refractivity contribution in [1.29, 1.82) is 0 Å². The van der Waals surface area contributed by atoms with Gasteiger partial charge in [-0.05, 0) is 37.1 Å². The van der Waals surface area contributed by atoms with Gasteiger partial charge in [-0.15, -0.1) is 0 Å². The van der Waals surface area contributed by atoms with E-state index < -0.39 is 5.97 Å². The van der Waals surface area contributed by atoms with Crippen LogP contribution in [-0.4, -0.2) is 33.8 Å². The summed E-state index contributed by atoms with van der Waals surface area (Å²) in [5, 5.41) is 3.53. The van der Waals surface area contributed by atoms with Crippen molar-refractivity contribution in [3.05, 3.63) is 54.1 Å². The number of thioether (sulfide) groups is 1. The van der Waals surface area contributed by atoms with E-state index in [2.05, 4.69) is 21.8 Å². The fourth-order valence-electron chi connectivity index (χ4n) is 2.81. The molecule has 0 radical (unpaired) electrons. The van der Waals surface area contributed by atoms with Crippen molar-refractivity contribution in [3.8, 4) is 0 Å². The lowest BCUT2D eigenvalue weighted by molar-refractivity contribution is -0.144. The minimum absolute atomic E-state index is 0.102. The largest absolute Gasteiger partial charge is 0.455 e. The number of esters is 1. The Hall–Kier alpha value is -2.80. The van der Waals surface area contributed by atoms with Crippen molar-refractivity contribution in [2.24, 2.45) is 0 Å². The van der Waals surface area contributed by atoms with E-state index in [0.29, 0.717) is 5.69 Å². The average Bonchev–Trinajstić information content (AvgIpc) is 3.04. The van der Waals surface area contributed by atoms with Gasteiger partial charge in [-0.2, -0.15) is 0 Å². The van der Waals surface area contributed by atoms with Crippen LogP contribution in [0.4, 0.5) is 5.69 Å². The minimum atomic E-state index is -0.444. The number of hydrogen-bond acceptors (Lipinski definition) is 5. The summed E-state index contributed by atoms with van der Waals surface area (Å²) in [6, 6.07) is 15.4. The van der Waals surface area contributed by atoms with Gasteiger partial charge >= 0.3 is 5.97 Å². The van der Waals surface area contributed by atoms with Gasteiger partial charge in [0.15, 0.2) is 11.8 Å². The second-order valence-electron chi connectivity index (χ2n) is 6.35. The number of fused-ring (bicyclic) bond motifs is 1. The number of aromatic nitrogens is 2. The van der Waals surface area contributed by atoms with Gasteiger partial charge in [0.1, 0.15) is 0 Å². The summed E-state index contributed by atoms with van der Waals surface area (Å²) in [5.74, 6) is -0.698. The van der Waals surface area contributed by atoms with Gasteiger partial charge in [0.25, 0.3) is 5.91 Å². The molecule has 146 valence electrons. The Kier molecular flexibility index (Phi) is 6.71. The molecule has 0 fully saturated rings. The van der Waals surface area contributed by atoms with Gasteiger partial charge in [-0.3, -0.25) is 9.59 Å². The van der Waals surface area contributed by atoms with Crippen LogP contribution < -0.4 is 5.32 Å². The number of nitrogens with zero attached hydrogens (tertiary/aromatic N) is 2. The van der Waals surface area contributed by atoms with Gasteiger partial charge < -0.3 is 14.6 Å². The van der Waals surface area contributed by atoms with E-state index in [1.165, 1.54) is 11.8 Å². The van der Waals surface area contributed by atoms with Crippen LogP contribution in [0.25, 0.3) is 11.0 Å². The number of hydrogen-bond donors (Lipinski definition) is 1. The van der Waals surface area contributed by atoms with Crippen molar-refractivity contribution in [2.75, 3.05) is 17.7 Å². The molecule has 1 amide bonds. The Morgan fingerprint density at radius 3 is 2.68 bits per heavy atom. The third-order valence-electron chi connectivity index (χ3n) is 4.17. The summed E-state index contributed by atoms with van der Waals surface area (Å²) in [5.41, 5.74) is 3.63. The van der Waals surface area contributed by atoms with E-state index in [9.17, 15) is 9.59 Å². The van der Waals surface area contributed by atoms with Gasteiger partial charge in [-0.25, -0.2) is 4.98 Å². The standard InChI is InChI=1S/C21H23N3O3S/c1-3-12-24-18-11-7-6-10-17(18)23-21(24)28-14-20(26)27-13-19(25)22-16-9-5-4-8-15(16)2/h4-11H,3,12-14H2,1-2H3,(H,22,25). The number of amides is 1. The summed E-state index contributed by atoms with van der Waals surface area (Å²) >= 11 is 1.32. The zero-order valence-electron chi connectivity index (χ0n) is 16.0. The topological polar surface area (TPSA) is 73.2 Å². The third-order valence-corrected chi connectivity index (χ3v) is 5.12. The molecule has 0 aliphatic rings. The average molecular weight is 398 g/mol. The van der Waals surface area contributed by atoms with Crippen molar-refractivity contribution >= 4 is 40.4 Å². The fraction of sp³-hybridized carbons (Fsp3) is 0.286. The van der Waals surface area contributed by atoms with Crippen molar-refractivity contribution in [3.63, 3.8) is 0 Å². The molecule has 0 unspecified atom stereocenters. The Morgan fingerprint density at radius 2 is 1.89 bits per heavy atom. The summed E-state index contributed by atoms with van der Waals surface area (Å²) in [7, 11) is 0. The number of para-hydroxylation sites is 3. The second-order valence-corrected chi connectivity index (χ2v) is 7.29. The van der Waals surface area contributed by atoms with Gasteiger partial charge in [0, 0.05) is 12.2 Å². The molecule has 6 nitrogen and oxygen atoms in total. The summed E-state index contributed by atoms with van der Waals surface area (Å²) in [6.07, 6.45) is 0.970. The molecule has 0 spiro atoms. The zero-order valence-corrected chi connectivity index (χ0v) is 16.8. The highest BCUT2D eigenvalue weighted by molar-refractivity contribution is 7.99. The summed E-state index contributed by atoms with van der Waals surface area (Å²) < 4.78 is 7.21. The molecule has 7 heteroatoms. The van der Waals surface area contributed by atoms with Crippen molar-refractivity contribution in [2.45, 2.75) is 32.0 Å². The van der Waals surface area contributed by atoms with Gasteiger partial charge in [0.05, 0.1) is 16.8 Å². The van der Waals surface area contributed by atoms with Crippen LogP contribution >= 0.6 is 11.8 Å². The lowest BCUT2D eigenvalue weighted by atomic mass is 10.2. The molecule has 0 saturated heterocycles. The second kappa shape index (κ2) is 9.41. The van der Waals surface area contributed by atoms with Crippen LogP contribution in [0.15, 0.2) is 53.7 Å². The molecule has 1 N–H and O–H groups in total. The summed E-state index contributed by atoms with van der Waals surface area (Å²) in [4.78, 5) is 28.7. The lowest BCUT2D eigenvalue weighted by Gasteiger charge is -2.09. The highest BCUT2D eigenvalue weighted by Crippen LogP contribution is 2.24. The molecule has 0 saturated carbocycles. The maximum absolute atomic E-state index is 12.1. The molecule has 3 rings (SSSR count). The first-order chi connectivity index (χ1) is 13.6. The van der Waals surface area contributed by atoms with Crippen molar-refractivity contribution in [1.82, 2.24) is 9.55 Å². The Labute approximate surface area is 168 Å². The first-order valence-corrected chi connectivity index (χ1v) is 10.2. The normalized spacial score (nSPS) is 10.8. The highest BCUT2D eigenvalue weighted by atomic mass is 32.2. The molecule has 0 bridgehead atoms. The number of carbonyl (C=O) groups is 2. The minimum Gasteiger partial charge on any atom is -0.455 e. The lowest BCUT2D eigenvalue weighted by Crippen LogP contribution is -2.22. The number of benzene rings is 2. The molecular formula is C21H23N3O3S. The van der Waals surface area contributed by atoms with E-state index >= 15 is 0 Å². The van der Waals surface area contributed by atoms with Crippen LogP contribution in [0, 0.1) is 6.92 Å². The first kappa shape index (κ1) is 19.9. The summed E-state index contributed by atoms with van der Waals surface area (Å²) in [6.45, 7) is 4.53. The molecule has 28 heavy (non-hydrogen) atoms. The Morgan fingerprint density at radius 1 is 1.14 bits per heavy atom. The number of carbonyl (C=O) groups excluding carboxylic acids is 2. The predicted molar refractivity (Wildman–Crippen MR) is 112 cm³/mol. The SMILES string of the molecule is CCCn1c(SCC(=O)OCC(=O)Nc2ccccc2C)nc2ccccc21. The molecular weight excluding hydrogens is 374 g/mol. The van der Waals surface area contributed by atoms with Crippen LogP contribution in [0.1, 0.15) is 18.9 Å². The van der Waals surface area contributed by atoms with E-state index in [0.717, 1.165) is 34.7 Å². The molecule has 0 atom stereocenters. The monoisotopic (exact) mass is 397 g/mol. The maximum Gasteiger partial charge on any atom is 0.316 e. The van der Waals surface area contributed by atoms with Gasteiger partial charge in [0.2, 0.25) is 0 Å². The molecule has 0 aliphatic heterocycles. The third kappa shape index (κ3) is 4.92. The smallest absolute Gasteiger partial charge is 0.316 e. The number of aryl methyl sites for hydroxylation is 2. The van der Waals surface area contributed by atoms with Gasteiger partial charge in [-0.1, -0.05) is 49.0 Å². The van der Waals surface area contributed by atoms with E-state index in [4.69, 9.17) is 4.74 Å². The molecule has 3 aromatic rings. The fourth-order valence-corrected chi connectivity index (χ4v) is 3.65. The molecule has 1 heterocycles. The number of anilines is 1.